The van der Waals surface area contributed by atoms with Crippen molar-refractivity contribution >= 4 is 45.5 Å². The van der Waals surface area contributed by atoms with E-state index in [-0.39, 0.29) is 5.97 Å². The van der Waals surface area contributed by atoms with Crippen molar-refractivity contribution in [2.24, 2.45) is 0 Å². The lowest BCUT2D eigenvalue weighted by molar-refractivity contribution is 0.0433. The fourth-order valence-corrected chi connectivity index (χ4v) is 10.2. The van der Waals surface area contributed by atoms with E-state index in [0.29, 0.717) is 5.56 Å². The number of ether oxygens (including phenoxy) is 1. The van der Waals surface area contributed by atoms with E-state index in [9.17, 15) is 4.79 Å². The summed E-state index contributed by atoms with van der Waals surface area (Å²) in [6.45, 7) is 0. The number of esters is 1. The molecule has 176 valence electrons. The zero-order chi connectivity index (χ0) is 24.8. The van der Waals surface area contributed by atoms with Gasteiger partial charge in [-0.3, -0.25) is 0 Å². The standard InChI is InChI=1S/C32H25BrO2Si/c33-27-23-21-25(22-24-27)31(34)35-32(26-13-5-1-6-14-26)36(28-15-7-2-8-16-28,29-17-9-3-10-18-29)30-19-11-4-12-20-30/h1-24,32H/t32-/m1/s1. The highest BCUT2D eigenvalue weighted by atomic mass is 79.9. The molecule has 2 nitrogen and oxygen atoms in total. The van der Waals surface area contributed by atoms with E-state index >= 15 is 0 Å². The third-order valence-electron chi connectivity index (χ3n) is 6.49. The Labute approximate surface area is 221 Å². The van der Waals surface area contributed by atoms with Gasteiger partial charge in [0.25, 0.3) is 0 Å². The minimum absolute atomic E-state index is 0.337. The first kappa shape index (κ1) is 24.0. The van der Waals surface area contributed by atoms with Crippen LogP contribution in [0.2, 0.25) is 0 Å². The summed E-state index contributed by atoms with van der Waals surface area (Å²) in [6, 6.07) is 49.0. The first-order valence-electron chi connectivity index (χ1n) is 11.9. The predicted octanol–water partition coefficient (Wildman–Crippen LogP) is 6.06. The second-order valence-corrected chi connectivity index (χ2v) is 13.4. The summed E-state index contributed by atoms with van der Waals surface area (Å²) in [5.74, 6) is -0.337. The maximum absolute atomic E-state index is 13.7. The molecule has 0 radical (unpaired) electrons. The average molecular weight is 550 g/mol. The molecule has 5 aromatic carbocycles. The monoisotopic (exact) mass is 548 g/mol. The highest BCUT2D eigenvalue weighted by Crippen LogP contribution is 2.30. The van der Waals surface area contributed by atoms with Gasteiger partial charge in [0.2, 0.25) is 0 Å². The van der Waals surface area contributed by atoms with Crippen molar-refractivity contribution in [3.63, 3.8) is 0 Å². The number of halogens is 1. The molecule has 0 fully saturated rings. The normalized spacial score (nSPS) is 12.0. The molecule has 0 bridgehead atoms. The van der Waals surface area contributed by atoms with Gasteiger partial charge >= 0.3 is 5.97 Å². The first-order valence-corrected chi connectivity index (χ1v) is 14.7. The molecule has 0 amide bonds. The number of benzene rings is 5. The summed E-state index contributed by atoms with van der Waals surface area (Å²) in [5, 5.41) is 3.54. The van der Waals surface area contributed by atoms with Crippen LogP contribution in [0.3, 0.4) is 0 Å². The minimum Gasteiger partial charge on any atom is -0.457 e. The van der Waals surface area contributed by atoms with E-state index in [4.69, 9.17) is 4.74 Å². The van der Waals surface area contributed by atoms with Gasteiger partial charge in [-0.05, 0) is 45.4 Å². The van der Waals surface area contributed by atoms with Crippen molar-refractivity contribution in [1.29, 1.82) is 0 Å². The van der Waals surface area contributed by atoms with Gasteiger partial charge in [0.05, 0.1) is 5.56 Å². The van der Waals surface area contributed by atoms with Gasteiger partial charge in [0.15, 0.2) is 8.07 Å². The Morgan fingerprint density at radius 3 is 1.36 bits per heavy atom. The van der Waals surface area contributed by atoms with Gasteiger partial charge in [0, 0.05) is 4.47 Å². The van der Waals surface area contributed by atoms with Crippen LogP contribution in [-0.2, 0) is 4.74 Å². The van der Waals surface area contributed by atoms with Crippen LogP contribution in [-0.4, -0.2) is 14.0 Å². The van der Waals surface area contributed by atoms with Crippen LogP contribution in [0.1, 0.15) is 21.6 Å². The van der Waals surface area contributed by atoms with Crippen LogP contribution in [0.4, 0.5) is 0 Å². The van der Waals surface area contributed by atoms with Crippen LogP contribution in [0.15, 0.2) is 150 Å². The number of rotatable bonds is 7. The van der Waals surface area contributed by atoms with E-state index in [1.807, 2.05) is 48.5 Å². The summed E-state index contributed by atoms with van der Waals surface area (Å²) in [4.78, 5) is 13.7. The van der Waals surface area contributed by atoms with E-state index in [2.05, 4.69) is 101 Å². The number of carbonyl (C=O) groups excluding carboxylic acids is 1. The van der Waals surface area contributed by atoms with E-state index in [1.165, 1.54) is 15.6 Å². The first-order chi connectivity index (χ1) is 17.7. The molecule has 5 aromatic rings. The molecule has 36 heavy (non-hydrogen) atoms. The lowest BCUT2D eigenvalue weighted by atomic mass is 10.2. The number of carbonyl (C=O) groups is 1. The summed E-state index contributed by atoms with van der Waals surface area (Å²) >= 11 is 3.46. The molecule has 0 aliphatic heterocycles. The Morgan fingerprint density at radius 1 is 0.556 bits per heavy atom. The molecule has 5 rings (SSSR count). The van der Waals surface area contributed by atoms with Crippen LogP contribution < -0.4 is 15.6 Å². The Balaban J connectivity index is 1.80. The minimum atomic E-state index is -2.95. The van der Waals surface area contributed by atoms with Crippen molar-refractivity contribution in [1.82, 2.24) is 0 Å². The molecule has 0 heterocycles. The number of hydrogen-bond acceptors (Lipinski definition) is 2. The molecule has 0 saturated carbocycles. The van der Waals surface area contributed by atoms with Crippen molar-refractivity contribution in [2.45, 2.75) is 5.73 Å². The van der Waals surface area contributed by atoms with Crippen molar-refractivity contribution in [2.75, 3.05) is 0 Å². The summed E-state index contributed by atoms with van der Waals surface area (Å²) in [6.07, 6.45) is 0. The molecule has 0 unspecified atom stereocenters. The third-order valence-corrected chi connectivity index (χ3v) is 12.0. The van der Waals surface area contributed by atoms with Crippen molar-refractivity contribution in [3.05, 3.63) is 161 Å². The predicted molar refractivity (Wildman–Crippen MR) is 153 cm³/mol. The molecule has 0 aliphatic carbocycles. The molecule has 0 aliphatic rings. The average Bonchev–Trinajstić information content (AvgIpc) is 2.95. The Hall–Kier alpha value is -3.73. The highest BCUT2D eigenvalue weighted by molar-refractivity contribution is 9.10. The Kier molecular flexibility index (Phi) is 7.26. The SMILES string of the molecule is O=C(O[C@@H](c1ccccc1)[Si](c1ccccc1)(c1ccccc1)c1ccccc1)c1ccc(Br)cc1. The van der Waals surface area contributed by atoms with Gasteiger partial charge in [-0.1, -0.05) is 137 Å². The Bertz CT molecular complexity index is 1310. The molecule has 0 N–H and O–H groups in total. The van der Waals surface area contributed by atoms with Gasteiger partial charge in [-0.15, -0.1) is 0 Å². The fourth-order valence-electron chi connectivity index (χ4n) is 4.85. The van der Waals surface area contributed by atoms with E-state index in [1.54, 1.807) is 12.1 Å². The molecule has 0 aromatic heterocycles. The second kappa shape index (κ2) is 10.9. The van der Waals surface area contributed by atoms with E-state index < -0.39 is 13.8 Å². The topological polar surface area (TPSA) is 26.3 Å². The molecule has 0 spiro atoms. The van der Waals surface area contributed by atoms with Crippen LogP contribution >= 0.6 is 15.9 Å². The van der Waals surface area contributed by atoms with Crippen molar-refractivity contribution < 1.29 is 9.53 Å². The Morgan fingerprint density at radius 2 is 0.944 bits per heavy atom. The number of hydrogen-bond donors (Lipinski definition) is 0. The van der Waals surface area contributed by atoms with Crippen LogP contribution in [0.25, 0.3) is 0 Å². The maximum atomic E-state index is 13.7. The smallest absolute Gasteiger partial charge is 0.338 e. The molecule has 1 atom stereocenters. The second-order valence-electron chi connectivity index (χ2n) is 8.61. The molecular weight excluding hydrogens is 524 g/mol. The largest absolute Gasteiger partial charge is 0.457 e. The van der Waals surface area contributed by atoms with Gasteiger partial charge < -0.3 is 4.74 Å². The van der Waals surface area contributed by atoms with Gasteiger partial charge in [0.1, 0.15) is 5.73 Å². The molecule has 4 heteroatoms. The lowest BCUT2D eigenvalue weighted by Gasteiger charge is -2.40. The third kappa shape index (κ3) is 4.70. The summed E-state index contributed by atoms with van der Waals surface area (Å²) < 4.78 is 7.52. The fraction of sp³-hybridized carbons (Fsp3) is 0.0312. The van der Waals surface area contributed by atoms with Crippen LogP contribution in [0.5, 0.6) is 0 Å². The molecule has 0 saturated heterocycles. The zero-order valence-electron chi connectivity index (χ0n) is 19.6. The summed E-state index contributed by atoms with van der Waals surface area (Å²) in [7, 11) is -2.95. The quantitative estimate of drug-likeness (QED) is 0.140. The maximum Gasteiger partial charge on any atom is 0.338 e. The zero-order valence-corrected chi connectivity index (χ0v) is 22.2. The van der Waals surface area contributed by atoms with Gasteiger partial charge in [-0.2, -0.15) is 0 Å². The summed E-state index contributed by atoms with van der Waals surface area (Å²) in [5.41, 5.74) is 1.00. The van der Waals surface area contributed by atoms with E-state index in [0.717, 1.165) is 10.0 Å². The molecular formula is C32H25BrO2Si. The van der Waals surface area contributed by atoms with Gasteiger partial charge in [-0.25, -0.2) is 4.79 Å². The lowest BCUT2D eigenvalue weighted by Crippen LogP contribution is -2.71. The van der Waals surface area contributed by atoms with Crippen molar-refractivity contribution in [3.8, 4) is 0 Å². The van der Waals surface area contributed by atoms with Crippen LogP contribution in [0, 0.1) is 0 Å². The highest BCUT2D eigenvalue weighted by Gasteiger charge is 2.50.